The van der Waals surface area contributed by atoms with Gasteiger partial charge in [-0.2, -0.15) is 0 Å². The Hall–Kier alpha value is -0.950. The Morgan fingerprint density at radius 1 is 1.35 bits per heavy atom. The van der Waals surface area contributed by atoms with E-state index in [1.165, 1.54) is 12.5 Å². The molecule has 3 fully saturated rings. The summed E-state index contributed by atoms with van der Waals surface area (Å²) in [5, 5.41) is 0. The number of nitrogens with zero attached hydrogens (tertiary/aromatic N) is 1. The van der Waals surface area contributed by atoms with Crippen LogP contribution in [0.1, 0.15) is 40.0 Å². The van der Waals surface area contributed by atoms with Crippen molar-refractivity contribution in [3.63, 3.8) is 0 Å². The molecule has 0 aromatic rings. The molecule has 0 aromatic carbocycles. The Morgan fingerprint density at radius 3 is 2.58 bits per heavy atom. The minimum atomic E-state index is -0.301. The number of rotatable bonds is 7. The Balaban J connectivity index is 1.72. The highest BCUT2D eigenvalue weighted by Crippen LogP contribution is 2.59. The van der Waals surface area contributed by atoms with Crippen molar-refractivity contribution in [3.8, 4) is 0 Å². The summed E-state index contributed by atoms with van der Waals surface area (Å²) in [4.78, 5) is 13.7. The second-order valence-electron chi connectivity index (χ2n) is 8.53. The van der Waals surface area contributed by atoms with Gasteiger partial charge in [0.1, 0.15) is 23.4 Å². The van der Waals surface area contributed by atoms with Gasteiger partial charge in [-0.05, 0) is 47.2 Å². The molecule has 6 nitrogen and oxygen atoms in total. The SMILES string of the molecule is COC1C(OC(C)=O)CCC2(CO2)C1C1(C)OC1CC=C(C)CN(C)C. The number of carbonyl (C=O) groups is 1. The van der Waals surface area contributed by atoms with E-state index in [-0.39, 0.29) is 41.4 Å². The van der Waals surface area contributed by atoms with Crippen LogP contribution in [0.4, 0.5) is 0 Å². The number of methoxy groups -OCH3 is 1. The van der Waals surface area contributed by atoms with Gasteiger partial charge in [0.25, 0.3) is 0 Å². The molecule has 1 aliphatic carbocycles. The Morgan fingerprint density at radius 2 is 2.04 bits per heavy atom. The molecule has 3 rings (SSSR count). The van der Waals surface area contributed by atoms with Gasteiger partial charge >= 0.3 is 5.97 Å². The largest absolute Gasteiger partial charge is 0.460 e. The maximum atomic E-state index is 11.5. The van der Waals surface area contributed by atoms with E-state index in [1.54, 1.807) is 7.11 Å². The highest BCUT2D eigenvalue weighted by Gasteiger charge is 2.72. The maximum absolute atomic E-state index is 11.5. The van der Waals surface area contributed by atoms with Crippen molar-refractivity contribution in [3.05, 3.63) is 11.6 Å². The quantitative estimate of drug-likeness (QED) is 0.390. The van der Waals surface area contributed by atoms with Crippen molar-refractivity contribution >= 4 is 5.97 Å². The number of hydrogen-bond acceptors (Lipinski definition) is 6. The first-order valence-electron chi connectivity index (χ1n) is 9.54. The van der Waals surface area contributed by atoms with Gasteiger partial charge in [0.2, 0.25) is 0 Å². The van der Waals surface area contributed by atoms with E-state index < -0.39 is 0 Å². The fourth-order valence-corrected chi connectivity index (χ4v) is 4.81. The van der Waals surface area contributed by atoms with Crippen molar-refractivity contribution < 1.29 is 23.7 Å². The van der Waals surface area contributed by atoms with Crippen LogP contribution >= 0.6 is 0 Å². The lowest BCUT2D eigenvalue weighted by molar-refractivity contribution is -0.169. The van der Waals surface area contributed by atoms with Crippen LogP contribution in [0.2, 0.25) is 0 Å². The summed E-state index contributed by atoms with van der Waals surface area (Å²) in [7, 11) is 5.84. The van der Waals surface area contributed by atoms with Crippen molar-refractivity contribution in [2.45, 2.75) is 69.5 Å². The third-order valence-corrected chi connectivity index (χ3v) is 6.06. The lowest BCUT2D eigenvalue weighted by Gasteiger charge is -2.42. The molecule has 148 valence electrons. The predicted octanol–water partition coefficient (Wildman–Crippen LogP) is 2.17. The molecular formula is C20H33NO5. The van der Waals surface area contributed by atoms with Crippen molar-refractivity contribution in [2.24, 2.45) is 5.92 Å². The van der Waals surface area contributed by atoms with Gasteiger partial charge in [-0.3, -0.25) is 4.79 Å². The highest BCUT2D eigenvalue weighted by atomic mass is 16.6. The van der Waals surface area contributed by atoms with Crippen LogP contribution in [0.25, 0.3) is 0 Å². The summed E-state index contributed by atoms with van der Waals surface area (Å²) in [5.74, 6) is -0.185. The molecule has 0 N–H and O–H groups in total. The molecule has 2 heterocycles. The van der Waals surface area contributed by atoms with Gasteiger partial charge in [-0.1, -0.05) is 11.6 Å². The standard InChI is InChI=1S/C20H33NO5/c1-13(11-21(4)5)7-8-16-19(3,26-16)18-17(23-6)15(25-14(2)22)9-10-20(18)12-24-20/h7,15-18H,8-12H2,1-6H3. The molecule has 2 aliphatic heterocycles. The van der Waals surface area contributed by atoms with Crippen LogP contribution < -0.4 is 0 Å². The van der Waals surface area contributed by atoms with E-state index in [0.29, 0.717) is 0 Å². The summed E-state index contributed by atoms with van der Waals surface area (Å²) < 4.78 is 23.5. The normalized spacial score (nSPS) is 42.2. The number of esters is 1. The van der Waals surface area contributed by atoms with Crippen LogP contribution in [0, 0.1) is 5.92 Å². The zero-order valence-corrected chi connectivity index (χ0v) is 16.9. The zero-order valence-electron chi connectivity index (χ0n) is 16.9. The van der Waals surface area contributed by atoms with Gasteiger partial charge in [-0.15, -0.1) is 0 Å². The monoisotopic (exact) mass is 367 g/mol. The first kappa shape index (κ1) is 19.8. The molecule has 0 bridgehead atoms. The molecule has 6 unspecified atom stereocenters. The summed E-state index contributed by atoms with van der Waals surface area (Å²) in [6, 6.07) is 0. The van der Waals surface area contributed by atoms with E-state index in [4.69, 9.17) is 18.9 Å². The van der Waals surface area contributed by atoms with Gasteiger partial charge < -0.3 is 23.8 Å². The van der Waals surface area contributed by atoms with Gasteiger partial charge in [-0.25, -0.2) is 0 Å². The predicted molar refractivity (Wildman–Crippen MR) is 98.0 cm³/mol. The lowest BCUT2D eigenvalue weighted by Crippen LogP contribution is -2.55. The fourth-order valence-electron chi connectivity index (χ4n) is 4.81. The van der Waals surface area contributed by atoms with Crippen LogP contribution in [0.15, 0.2) is 11.6 Å². The first-order valence-corrected chi connectivity index (χ1v) is 9.54. The molecule has 0 radical (unpaired) electrons. The smallest absolute Gasteiger partial charge is 0.302 e. The Labute approximate surface area is 156 Å². The highest BCUT2D eigenvalue weighted by molar-refractivity contribution is 5.66. The lowest BCUT2D eigenvalue weighted by atomic mass is 9.68. The Kier molecular flexibility index (Phi) is 5.50. The summed E-state index contributed by atoms with van der Waals surface area (Å²) in [6.07, 6.45) is 4.54. The molecule has 6 heteroatoms. The van der Waals surface area contributed by atoms with Gasteiger partial charge in [0, 0.05) is 20.6 Å². The summed E-state index contributed by atoms with van der Waals surface area (Å²) in [5.41, 5.74) is 0.864. The average molecular weight is 367 g/mol. The van der Waals surface area contributed by atoms with Crippen molar-refractivity contribution in [1.29, 1.82) is 0 Å². The Bertz CT molecular complexity index is 571. The third-order valence-electron chi connectivity index (χ3n) is 6.06. The van der Waals surface area contributed by atoms with Crippen molar-refractivity contribution in [2.75, 3.05) is 34.4 Å². The van der Waals surface area contributed by atoms with Crippen LogP contribution in [0.3, 0.4) is 0 Å². The van der Waals surface area contributed by atoms with Gasteiger partial charge in [0.05, 0.1) is 18.6 Å². The number of ether oxygens (including phenoxy) is 4. The number of carbonyl (C=O) groups excluding carboxylic acids is 1. The summed E-state index contributed by atoms with van der Waals surface area (Å²) >= 11 is 0. The molecular weight excluding hydrogens is 334 g/mol. The fraction of sp³-hybridized carbons (Fsp3) is 0.850. The topological polar surface area (TPSA) is 63.8 Å². The molecule has 0 aromatic heterocycles. The molecule has 2 saturated heterocycles. The summed E-state index contributed by atoms with van der Waals surface area (Å²) in [6.45, 7) is 7.46. The van der Waals surface area contributed by atoms with E-state index in [1.807, 2.05) is 0 Å². The first-order chi connectivity index (χ1) is 12.2. The second-order valence-corrected chi connectivity index (χ2v) is 8.53. The molecule has 1 spiro atoms. The van der Waals surface area contributed by atoms with Crippen LogP contribution in [-0.2, 0) is 23.7 Å². The molecule has 1 saturated carbocycles. The molecule has 3 aliphatic rings. The van der Waals surface area contributed by atoms with E-state index in [2.05, 4.69) is 38.9 Å². The third kappa shape index (κ3) is 3.84. The zero-order chi connectivity index (χ0) is 19.1. The average Bonchev–Trinajstić information content (AvgIpc) is 3.44. The number of likely N-dealkylation sites (N-methyl/N-ethyl adjacent to an activating group) is 1. The number of hydrogen-bond donors (Lipinski definition) is 0. The van der Waals surface area contributed by atoms with E-state index in [0.717, 1.165) is 32.4 Å². The van der Waals surface area contributed by atoms with E-state index in [9.17, 15) is 4.79 Å². The van der Waals surface area contributed by atoms with Gasteiger partial charge in [0.15, 0.2) is 0 Å². The molecule has 26 heavy (non-hydrogen) atoms. The van der Waals surface area contributed by atoms with Crippen molar-refractivity contribution in [1.82, 2.24) is 4.90 Å². The minimum absolute atomic E-state index is 0.0747. The maximum Gasteiger partial charge on any atom is 0.302 e. The van der Waals surface area contributed by atoms with E-state index >= 15 is 0 Å². The minimum Gasteiger partial charge on any atom is -0.460 e. The molecule has 6 atom stereocenters. The number of epoxide rings is 2. The second kappa shape index (κ2) is 7.23. The molecule has 0 amide bonds. The van der Waals surface area contributed by atoms with Crippen LogP contribution in [0.5, 0.6) is 0 Å². The van der Waals surface area contributed by atoms with Crippen LogP contribution in [-0.4, -0.2) is 74.7 Å².